The third kappa shape index (κ3) is 5.91. The second-order valence-corrected chi connectivity index (χ2v) is 4.34. The molecule has 98 valence electrons. The highest BCUT2D eigenvalue weighted by atomic mass is 35.5. The summed E-state index contributed by atoms with van der Waals surface area (Å²) < 4.78 is 0. The van der Waals surface area contributed by atoms with Crippen molar-refractivity contribution >= 4 is 17.4 Å². The van der Waals surface area contributed by atoms with Gasteiger partial charge in [-0.25, -0.2) is 5.43 Å². The van der Waals surface area contributed by atoms with Crippen LogP contribution in [0, 0.1) is 0 Å². The molecule has 0 fully saturated rings. The zero-order valence-corrected chi connectivity index (χ0v) is 11.3. The van der Waals surface area contributed by atoms with Crippen LogP contribution in [-0.4, -0.2) is 24.2 Å². The fraction of sp³-hybridized carbons (Fsp3) is 0.727. The van der Waals surface area contributed by atoms with E-state index in [1.165, 1.54) is 0 Å². The minimum absolute atomic E-state index is 0.558. The van der Waals surface area contributed by atoms with Crippen LogP contribution in [0.1, 0.15) is 39.5 Å². The monoisotopic (exact) mass is 259 g/mol. The summed E-state index contributed by atoms with van der Waals surface area (Å²) in [6.45, 7) is 6.02. The number of aliphatic imine (C=N–C) groups is 1. The molecule has 0 aromatic carbocycles. The van der Waals surface area contributed by atoms with Crippen molar-refractivity contribution < 1.29 is 0 Å². The van der Waals surface area contributed by atoms with Gasteiger partial charge in [-0.15, -0.1) is 0 Å². The summed E-state index contributed by atoms with van der Waals surface area (Å²) in [7, 11) is 0. The molecule has 1 rings (SSSR count). The summed E-state index contributed by atoms with van der Waals surface area (Å²) in [6.07, 6.45) is 6.29. The largest absolute Gasteiger partial charge is 0.277 e. The molecular formula is C11H22ClN5. The second kappa shape index (κ2) is 8.33. The summed E-state index contributed by atoms with van der Waals surface area (Å²) in [6, 6.07) is 0. The van der Waals surface area contributed by atoms with E-state index in [2.05, 4.69) is 35.1 Å². The molecule has 5 nitrogen and oxygen atoms in total. The Balaban J connectivity index is 2.40. The van der Waals surface area contributed by atoms with Gasteiger partial charge in [0, 0.05) is 19.2 Å². The lowest BCUT2D eigenvalue weighted by Crippen LogP contribution is -2.59. The molecule has 0 amide bonds. The van der Waals surface area contributed by atoms with Gasteiger partial charge in [-0.3, -0.25) is 15.8 Å². The average Bonchev–Trinajstić information content (AvgIpc) is 2.29. The van der Waals surface area contributed by atoms with Crippen LogP contribution in [0.25, 0.3) is 0 Å². The van der Waals surface area contributed by atoms with Crippen LogP contribution in [0.5, 0.6) is 0 Å². The zero-order valence-electron chi connectivity index (χ0n) is 10.6. The number of hydrazine groups is 3. The van der Waals surface area contributed by atoms with Crippen molar-refractivity contribution in [3.05, 3.63) is 11.2 Å². The quantitative estimate of drug-likeness (QED) is 0.483. The highest BCUT2D eigenvalue weighted by Gasteiger charge is 2.12. The molecule has 0 spiro atoms. The van der Waals surface area contributed by atoms with E-state index in [9.17, 15) is 0 Å². The first-order chi connectivity index (χ1) is 8.26. The summed E-state index contributed by atoms with van der Waals surface area (Å²) >= 11 is 5.98. The van der Waals surface area contributed by atoms with E-state index in [0.717, 1.165) is 44.6 Å². The number of hydrogen-bond acceptors (Lipinski definition) is 4. The molecule has 0 aliphatic carbocycles. The number of hydrogen-bond donors (Lipinski definition) is 3. The molecule has 0 unspecified atom stereocenters. The van der Waals surface area contributed by atoms with Gasteiger partial charge in [-0.05, 0) is 12.8 Å². The minimum atomic E-state index is 0.558. The molecule has 6 heteroatoms. The fourth-order valence-electron chi connectivity index (χ4n) is 1.32. The predicted molar refractivity (Wildman–Crippen MR) is 72.2 cm³/mol. The molecule has 3 N–H and O–H groups in total. The van der Waals surface area contributed by atoms with Gasteiger partial charge >= 0.3 is 0 Å². The van der Waals surface area contributed by atoms with Crippen LogP contribution in [0.3, 0.4) is 0 Å². The standard InChI is InChI=1S/C11H22ClN5/c1-3-5-7-13-11-9-10(12)15-17(16-11)14-8-6-4-2/h9,14-15H,3-8H2,1-2H3,(H,13,16). The van der Waals surface area contributed by atoms with Gasteiger partial charge in [0.05, 0.1) is 0 Å². The van der Waals surface area contributed by atoms with Crippen LogP contribution in [0.4, 0.5) is 0 Å². The van der Waals surface area contributed by atoms with Crippen molar-refractivity contribution in [3.8, 4) is 0 Å². The second-order valence-electron chi connectivity index (χ2n) is 3.93. The first-order valence-corrected chi connectivity index (χ1v) is 6.62. The van der Waals surface area contributed by atoms with Crippen molar-refractivity contribution in [1.29, 1.82) is 0 Å². The van der Waals surface area contributed by atoms with Crippen LogP contribution in [0.15, 0.2) is 16.2 Å². The van der Waals surface area contributed by atoms with Crippen LogP contribution in [0.2, 0.25) is 0 Å². The van der Waals surface area contributed by atoms with Gasteiger partial charge in [0.2, 0.25) is 0 Å². The molecular weight excluding hydrogens is 238 g/mol. The van der Waals surface area contributed by atoms with E-state index in [1.54, 1.807) is 11.3 Å². The van der Waals surface area contributed by atoms with Gasteiger partial charge in [0.15, 0.2) is 0 Å². The van der Waals surface area contributed by atoms with Gasteiger partial charge in [-0.1, -0.05) is 43.5 Å². The molecule has 0 aromatic rings. The summed E-state index contributed by atoms with van der Waals surface area (Å²) in [5.74, 6) is 0.784. The maximum Gasteiger partial charge on any atom is 0.141 e. The molecule has 0 bridgehead atoms. The lowest BCUT2D eigenvalue weighted by Gasteiger charge is -2.29. The molecule has 1 aliphatic rings. The Labute approximate surface area is 108 Å². The Morgan fingerprint density at radius 2 is 2.06 bits per heavy atom. The van der Waals surface area contributed by atoms with E-state index in [0.29, 0.717) is 5.16 Å². The number of nitrogens with one attached hydrogen (secondary N) is 3. The first kappa shape index (κ1) is 14.3. The molecule has 1 aliphatic heterocycles. The lowest BCUT2D eigenvalue weighted by molar-refractivity contribution is 0.0968. The zero-order chi connectivity index (χ0) is 12.5. The summed E-state index contributed by atoms with van der Waals surface area (Å²) in [5.41, 5.74) is 9.23. The highest BCUT2D eigenvalue weighted by molar-refractivity contribution is 6.31. The number of halogens is 1. The Kier molecular flexibility index (Phi) is 7.00. The third-order valence-electron chi connectivity index (χ3n) is 2.30. The van der Waals surface area contributed by atoms with Crippen LogP contribution < -0.4 is 16.3 Å². The smallest absolute Gasteiger partial charge is 0.141 e. The molecule has 0 radical (unpaired) electrons. The molecule has 0 aromatic heterocycles. The first-order valence-electron chi connectivity index (χ1n) is 6.24. The molecule has 0 atom stereocenters. The lowest BCUT2D eigenvalue weighted by atomic mass is 10.3. The number of nitrogens with zero attached hydrogens (tertiary/aromatic N) is 2. The molecule has 0 saturated heterocycles. The maximum atomic E-state index is 5.98. The van der Waals surface area contributed by atoms with E-state index >= 15 is 0 Å². The molecule has 0 saturated carbocycles. The third-order valence-corrected chi connectivity index (χ3v) is 2.50. The average molecular weight is 260 g/mol. The van der Waals surface area contributed by atoms with E-state index < -0.39 is 0 Å². The van der Waals surface area contributed by atoms with Crippen molar-refractivity contribution in [2.24, 2.45) is 4.99 Å². The minimum Gasteiger partial charge on any atom is -0.277 e. The predicted octanol–water partition coefficient (Wildman–Crippen LogP) is 1.89. The molecule has 17 heavy (non-hydrogen) atoms. The SMILES string of the molecule is CCCCN=C1C=C(Cl)NN(NCCCC)N1. The van der Waals surface area contributed by atoms with Gasteiger partial charge in [0.1, 0.15) is 11.0 Å². The number of unbranched alkanes of at least 4 members (excludes halogenated alkanes) is 2. The topological polar surface area (TPSA) is 51.7 Å². The Morgan fingerprint density at radius 1 is 1.29 bits per heavy atom. The Hall–Kier alpha value is -0.780. The number of rotatable bonds is 7. The van der Waals surface area contributed by atoms with Crippen molar-refractivity contribution in [2.75, 3.05) is 13.1 Å². The fourth-order valence-corrected chi connectivity index (χ4v) is 1.51. The summed E-state index contributed by atoms with van der Waals surface area (Å²) in [4.78, 5) is 4.42. The van der Waals surface area contributed by atoms with Crippen LogP contribution >= 0.6 is 11.6 Å². The maximum absolute atomic E-state index is 5.98. The Morgan fingerprint density at radius 3 is 2.76 bits per heavy atom. The van der Waals surface area contributed by atoms with E-state index in [-0.39, 0.29) is 0 Å². The van der Waals surface area contributed by atoms with Crippen molar-refractivity contribution in [2.45, 2.75) is 39.5 Å². The van der Waals surface area contributed by atoms with Crippen LogP contribution in [-0.2, 0) is 0 Å². The molecule has 1 heterocycles. The Bertz CT molecular complexity index is 277. The van der Waals surface area contributed by atoms with Crippen molar-refractivity contribution in [1.82, 2.24) is 21.5 Å². The van der Waals surface area contributed by atoms with Gasteiger partial charge < -0.3 is 0 Å². The van der Waals surface area contributed by atoms with Gasteiger partial charge in [0.25, 0.3) is 0 Å². The van der Waals surface area contributed by atoms with Gasteiger partial charge in [-0.2, -0.15) is 0 Å². The normalized spacial score (nSPS) is 18.8. The van der Waals surface area contributed by atoms with Crippen molar-refractivity contribution in [3.63, 3.8) is 0 Å². The number of amidine groups is 1. The van der Waals surface area contributed by atoms with E-state index in [1.807, 2.05) is 0 Å². The summed E-state index contributed by atoms with van der Waals surface area (Å²) in [5, 5.41) is 2.21. The van der Waals surface area contributed by atoms with E-state index in [4.69, 9.17) is 11.6 Å². The highest BCUT2D eigenvalue weighted by Crippen LogP contribution is 2.02.